The molecule has 1 heterocycles. The van der Waals surface area contributed by atoms with Gasteiger partial charge in [0.25, 0.3) is 0 Å². The molecule has 0 aromatic carbocycles. The lowest BCUT2D eigenvalue weighted by molar-refractivity contribution is 0.573. The van der Waals surface area contributed by atoms with Gasteiger partial charge in [0.2, 0.25) is 0 Å². The third-order valence-corrected chi connectivity index (χ3v) is 2.33. The number of nitrogens with zero attached hydrogens (tertiary/aromatic N) is 2. The minimum atomic E-state index is 0.590. The highest BCUT2D eigenvalue weighted by Gasteiger charge is 2.03. The summed E-state index contributed by atoms with van der Waals surface area (Å²) in [6.07, 6.45) is 5.63. The van der Waals surface area contributed by atoms with Gasteiger partial charge in [-0.2, -0.15) is 0 Å². The minimum absolute atomic E-state index is 0.590. The van der Waals surface area contributed by atoms with Crippen molar-refractivity contribution in [2.24, 2.45) is 5.73 Å². The van der Waals surface area contributed by atoms with Crippen LogP contribution < -0.4 is 5.73 Å². The average molecular weight is 181 g/mol. The topological polar surface area (TPSA) is 43.8 Å². The van der Waals surface area contributed by atoms with E-state index in [2.05, 4.69) is 16.5 Å². The normalized spacial score (nSPS) is 10.7. The van der Waals surface area contributed by atoms with Crippen LogP contribution in [0.3, 0.4) is 0 Å². The monoisotopic (exact) mass is 181 g/mol. The van der Waals surface area contributed by atoms with Crippen LogP contribution in [0.1, 0.15) is 37.7 Å². The predicted octanol–water partition coefficient (Wildman–Crippen LogP) is 1.84. The van der Waals surface area contributed by atoms with Crippen LogP contribution in [0.4, 0.5) is 0 Å². The van der Waals surface area contributed by atoms with Gasteiger partial charge in [-0.05, 0) is 13.3 Å². The Morgan fingerprint density at radius 1 is 1.46 bits per heavy atom. The van der Waals surface area contributed by atoms with E-state index < -0.39 is 0 Å². The van der Waals surface area contributed by atoms with Gasteiger partial charge in [-0.25, -0.2) is 4.98 Å². The zero-order valence-electron chi connectivity index (χ0n) is 8.58. The second-order valence-corrected chi connectivity index (χ2v) is 3.36. The number of aryl methyl sites for hydroxylation is 1. The van der Waals surface area contributed by atoms with Crippen LogP contribution in [0, 0.1) is 6.92 Å². The van der Waals surface area contributed by atoms with Crippen molar-refractivity contribution in [3.8, 4) is 0 Å². The van der Waals surface area contributed by atoms with E-state index in [4.69, 9.17) is 5.73 Å². The van der Waals surface area contributed by atoms with Gasteiger partial charge < -0.3 is 10.3 Å². The summed E-state index contributed by atoms with van der Waals surface area (Å²) in [6.45, 7) is 5.90. The molecule has 0 spiro atoms. The quantitative estimate of drug-likeness (QED) is 0.704. The molecule has 1 rings (SSSR count). The Hall–Kier alpha value is -0.830. The summed E-state index contributed by atoms with van der Waals surface area (Å²) in [5.74, 6) is 1.08. The summed E-state index contributed by atoms with van der Waals surface area (Å²) in [5, 5.41) is 0. The molecule has 3 heteroatoms. The van der Waals surface area contributed by atoms with E-state index in [9.17, 15) is 0 Å². The third-order valence-electron chi connectivity index (χ3n) is 2.33. The number of rotatable bonds is 5. The van der Waals surface area contributed by atoms with Gasteiger partial charge in [-0.3, -0.25) is 0 Å². The summed E-state index contributed by atoms with van der Waals surface area (Å²) in [5.41, 5.74) is 6.75. The van der Waals surface area contributed by atoms with E-state index >= 15 is 0 Å². The van der Waals surface area contributed by atoms with Crippen LogP contribution in [0.15, 0.2) is 6.20 Å². The molecular formula is C10H19N3. The first-order valence-electron chi connectivity index (χ1n) is 5.00. The lowest BCUT2D eigenvalue weighted by atomic mass is 10.2. The molecule has 0 aliphatic rings. The second kappa shape index (κ2) is 5.02. The molecular weight excluding hydrogens is 162 g/mol. The summed E-state index contributed by atoms with van der Waals surface area (Å²) >= 11 is 0. The van der Waals surface area contributed by atoms with E-state index in [0.717, 1.165) is 18.1 Å². The van der Waals surface area contributed by atoms with Crippen LogP contribution in [0.5, 0.6) is 0 Å². The first-order valence-corrected chi connectivity index (χ1v) is 5.00. The largest absolute Gasteiger partial charge is 0.331 e. The average Bonchev–Trinajstić information content (AvgIpc) is 2.48. The zero-order chi connectivity index (χ0) is 9.68. The Bertz CT molecular complexity index is 253. The molecule has 3 nitrogen and oxygen atoms in total. The molecule has 0 bridgehead atoms. The van der Waals surface area contributed by atoms with E-state index in [1.54, 1.807) is 0 Å². The van der Waals surface area contributed by atoms with E-state index in [1.165, 1.54) is 19.3 Å². The zero-order valence-corrected chi connectivity index (χ0v) is 8.58. The van der Waals surface area contributed by atoms with Crippen molar-refractivity contribution in [2.75, 3.05) is 0 Å². The molecule has 2 N–H and O–H groups in total. The Balaban J connectivity index is 2.57. The smallest absolute Gasteiger partial charge is 0.105 e. The molecule has 74 valence electrons. The Kier molecular flexibility index (Phi) is 3.96. The van der Waals surface area contributed by atoms with Crippen LogP contribution in [0.25, 0.3) is 0 Å². The maximum absolute atomic E-state index is 5.61. The molecule has 0 aliphatic carbocycles. The first kappa shape index (κ1) is 10.3. The number of hydrogen-bond acceptors (Lipinski definition) is 2. The summed E-state index contributed by atoms with van der Waals surface area (Å²) in [4.78, 5) is 4.25. The van der Waals surface area contributed by atoms with Crippen LogP contribution in [0.2, 0.25) is 0 Å². The molecule has 0 radical (unpaired) electrons. The number of hydrogen-bond donors (Lipinski definition) is 1. The lowest BCUT2D eigenvalue weighted by Crippen LogP contribution is -2.08. The number of unbranched alkanes of at least 4 members (excludes halogenated alkanes) is 2. The highest BCUT2D eigenvalue weighted by molar-refractivity contribution is 5.03. The molecule has 0 aliphatic heterocycles. The Morgan fingerprint density at radius 3 is 2.85 bits per heavy atom. The molecule has 1 aromatic rings. The minimum Gasteiger partial charge on any atom is -0.331 e. The van der Waals surface area contributed by atoms with Gasteiger partial charge in [-0.15, -0.1) is 0 Å². The standard InChI is InChI=1S/C10H19N3/c1-3-4-5-6-13-9(2)12-8-10(13)7-11/h8H,3-7,11H2,1-2H3. The third kappa shape index (κ3) is 2.56. The Morgan fingerprint density at radius 2 is 2.23 bits per heavy atom. The lowest BCUT2D eigenvalue weighted by Gasteiger charge is -2.07. The van der Waals surface area contributed by atoms with E-state index in [-0.39, 0.29) is 0 Å². The summed E-state index contributed by atoms with van der Waals surface area (Å²) in [6, 6.07) is 0. The van der Waals surface area contributed by atoms with Crippen molar-refractivity contribution in [1.82, 2.24) is 9.55 Å². The highest BCUT2D eigenvalue weighted by atomic mass is 15.1. The van der Waals surface area contributed by atoms with Crippen molar-refractivity contribution < 1.29 is 0 Å². The summed E-state index contributed by atoms with van der Waals surface area (Å²) in [7, 11) is 0. The van der Waals surface area contributed by atoms with Crippen molar-refractivity contribution in [1.29, 1.82) is 0 Å². The van der Waals surface area contributed by atoms with Crippen molar-refractivity contribution >= 4 is 0 Å². The molecule has 0 saturated carbocycles. The van der Waals surface area contributed by atoms with Crippen LogP contribution in [-0.2, 0) is 13.1 Å². The predicted molar refractivity (Wildman–Crippen MR) is 54.4 cm³/mol. The van der Waals surface area contributed by atoms with Gasteiger partial charge in [0.1, 0.15) is 5.82 Å². The molecule has 13 heavy (non-hydrogen) atoms. The molecule has 0 atom stereocenters. The van der Waals surface area contributed by atoms with E-state index in [0.29, 0.717) is 6.54 Å². The number of nitrogens with two attached hydrogens (primary N) is 1. The van der Waals surface area contributed by atoms with Crippen molar-refractivity contribution in [2.45, 2.75) is 46.2 Å². The molecule has 0 fully saturated rings. The van der Waals surface area contributed by atoms with Crippen LogP contribution >= 0.6 is 0 Å². The molecule has 1 aromatic heterocycles. The first-order chi connectivity index (χ1) is 6.29. The molecule has 0 amide bonds. The fourth-order valence-corrected chi connectivity index (χ4v) is 1.50. The Labute approximate surface area is 80.0 Å². The fourth-order valence-electron chi connectivity index (χ4n) is 1.50. The summed E-state index contributed by atoms with van der Waals surface area (Å²) < 4.78 is 2.22. The van der Waals surface area contributed by atoms with Gasteiger partial charge in [-0.1, -0.05) is 19.8 Å². The molecule has 0 saturated heterocycles. The SMILES string of the molecule is CCCCCn1c(CN)cnc1C. The number of aromatic nitrogens is 2. The second-order valence-electron chi connectivity index (χ2n) is 3.36. The fraction of sp³-hybridized carbons (Fsp3) is 0.700. The van der Waals surface area contributed by atoms with E-state index in [1.807, 2.05) is 13.1 Å². The highest BCUT2D eigenvalue weighted by Crippen LogP contribution is 2.06. The molecule has 0 unspecified atom stereocenters. The maximum atomic E-state index is 5.61. The number of imidazole rings is 1. The van der Waals surface area contributed by atoms with Gasteiger partial charge >= 0.3 is 0 Å². The van der Waals surface area contributed by atoms with Gasteiger partial charge in [0, 0.05) is 19.3 Å². The maximum Gasteiger partial charge on any atom is 0.105 e. The van der Waals surface area contributed by atoms with Crippen LogP contribution in [-0.4, -0.2) is 9.55 Å². The van der Waals surface area contributed by atoms with Crippen molar-refractivity contribution in [3.63, 3.8) is 0 Å². The van der Waals surface area contributed by atoms with Gasteiger partial charge in [0.05, 0.1) is 5.69 Å². The van der Waals surface area contributed by atoms with Crippen molar-refractivity contribution in [3.05, 3.63) is 17.7 Å². The van der Waals surface area contributed by atoms with Gasteiger partial charge in [0.15, 0.2) is 0 Å².